The molecule has 0 unspecified atom stereocenters. The van der Waals surface area contributed by atoms with Gasteiger partial charge in [-0.3, -0.25) is 4.79 Å². The summed E-state index contributed by atoms with van der Waals surface area (Å²) in [6.07, 6.45) is 2.94. The first-order valence-corrected chi connectivity index (χ1v) is 10.4. The van der Waals surface area contributed by atoms with Crippen LogP contribution >= 0.6 is 0 Å². The molecule has 2 N–H and O–H groups in total. The SMILES string of the molecule is Cc1ccccc1CCCC(=O)N1CCc2ccc(S(N)(=O)=O)cc2C1. The Hall–Kier alpha value is -2.18. The van der Waals surface area contributed by atoms with Gasteiger partial charge in [-0.2, -0.15) is 0 Å². The fourth-order valence-corrected chi connectivity index (χ4v) is 3.97. The van der Waals surface area contributed by atoms with Crippen LogP contribution in [0.3, 0.4) is 0 Å². The average molecular weight is 372 g/mol. The number of nitrogens with zero attached hydrogens (tertiary/aromatic N) is 1. The Morgan fingerprint density at radius 1 is 1.15 bits per heavy atom. The van der Waals surface area contributed by atoms with Gasteiger partial charge in [0.15, 0.2) is 0 Å². The Labute approximate surface area is 154 Å². The molecule has 0 saturated carbocycles. The molecule has 0 spiro atoms. The van der Waals surface area contributed by atoms with Crippen molar-refractivity contribution in [2.45, 2.75) is 44.0 Å². The van der Waals surface area contributed by atoms with Crippen molar-refractivity contribution in [3.8, 4) is 0 Å². The van der Waals surface area contributed by atoms with Crippen molar-refractivity contribution in [2.75, 3.05) is 6.54 Å². The minimum atomic E-state index is -3.73. The van der Waals surface area contributed by atoms with Crippen molar-refractivity contribution in [2.24, 2.45) is 5.14 Å². The second kappa shape index (κ2) is 7.60. The molecule has 2 aromatic rings. The van der Waals surface area contributed by atoms with Crippen LogP contribution in [-0.2, 0) is 34.2 Å². The van der Waals surface area contributed by atoms with Crippen LogP contribution in [0, 0.1) is 6.92 Å². The van der Waals surface area contributed by atoms with E-state index in [0.717, 1.165) is 30.4 Å². The van der Waals surface area contributed by atoms with Crippen LogP contribution < -0.4 is 5.14 Å². The Kier molecular flexibility index (Phi) is 5.44. The highest BCUT2D eigenvalue weighted by molar-refractivity contribution is 7.89. The topological polar surface area (TPSA) is 80.5 Å². The maximum absolute atomic E-state index is 12.5. The molecule has 0 fully saturated rings. The molecule has 2 aromatic carbocycles. The molecular formula is C20H24N2O3S. The normalized spacial score (nSPS) is 14.2. The molecule has 1 aliphatic heterocycles. The number of hydrogen-bond donors (Lipinski definition) is 1. The van der Waals surface area contributed by atoms with Gasteiger partial charge in [-0.15, -0.1) is 0 Å². The fraction of sp³-hybridized carbons (Fsp3) is 0.350. The number of aryl methyl sites for hydroxylation is 2. The second-order valence-electron chi connectivity index (χ2n) is 6.82. The summed E-state index contributed by atoms with van der Waals surface area (Å²) in [5.74, 6) is 0.116. The highest BCUT2D eigenvalue weighted by Gasteiger charge is 2.22. The Bertz CT molecular complexity index is 922. The lowest BCUT2D eigenvalue weighted by Gasteiger charge is -2.29. The average Bonchev–Trinajstić information content (AvgIpc) is 2.61. The zero-order valence-corrected chi connectivity index (χ0v) is 15.8. The molecule has 0 bridgehead atoms. The molecule has 0 atom stereocenters. The molecule has 3 rings (SSSR count). The standard InChI is InChI=1S/C20H24N2O3S/c1-15-5-2-3-6-16(15)7-4-8-20(23)22-12-11-17-9-10-19(26(21,24)25)13-18(17)14-22/h2-3,5-6,9-10,13H,4,7-8,11-12,14H2,1H3,(H2,21,24,25). The molecule has 0 aromatic heterocycles. The van der Waals surface area contributed by atoms with Gasteiger partial charge in [-0.25, -0.2) is 13.6 Å². The summed E-state index contributed by atoms with van der Waals surface area (Å²) in [6.45, 7) is 3.20. The van der Waals surface area contributed by atoms with Crippen molar-refractivity contribution in [1.29, 1.82) is 0 Å². The number of fused-ring (bicyclic) bond motifs is 1. The first-order valence-electron chi connectivity index (χ1n) is 8.81. The lowest BCUT2D eigenvalue weighted by molar-refractivity contribution is -0.132. The number of carbonyl (C=O) groups excluding carboxylic acids is 1. The number of hydrogen-bond acceptors (Lipinski definition) is 3. The van der Waals surface area contributed by atoms with Gasteiger partial charge in [0.2, 0.25) is 15.9 Å². The van der Waals surface area contributed by atoms with E-state index in [-0.39, 0.29) is 10.8 Å². The van der Waals surface area contributed by atoms with Gasteiger partial charge in [-0.1, -0.05) is 30.3 Å². The highest BCUT2D eigenvalue weighted by Crippen LogP contribution is 2.23. The summed E-state index contributed by atoms with van der Waals surface area (Å²) in [6, 6.07) is 13.2. The largest absolute Gasteiger partial charge is 0.338 e. The quantitative estimate of drug-likeness (QED) is 0.876. The van der Waals surface area contributed by atoms with E-state index in [4.69, 9.17) is 5.14 Å². The number of amides is 1. The van der Waals surface area contributed by atoms with Crippen LogP contribution in [0.1, 0.15) is 35.1 Å². The maximum atomic E-state index is 12.5. The number of benzene rings is 2. The van der Waals surface area contributed by atoms with Crippen LogP contribution in [0.15, 0.2) is 47.4 Å². The number of sulfonamides is 1. The molecule has 0 saturated heterocycles. The van der Waals surface area contributed by atoms with Crippen LogP contribution in [0.2, 0.25) is 0 Å². The van der Waals surface area contributed by atoms with E-state index in [2.05, 4.69) is 19.1 Å². The molecule has 26 heavy (non-hydrogen) atoms. The molecule has 138 valence electrons. The van der Waals surface area contributed by atoms with Crippen LogP contribution in [0.25, 0.3) is 0 Å². The van der Waals surface area contributed by atoms with E-state index in [9.17, 15) is 13.2 Å². The zero-order valence-electron chi connectivity index (χ0n) is 14.9. The number of rotatable bonds is 5. The smallest absolute Gasteiger partial charge is 0.238 e. The molecule has 6 heteroatoms. The van der Waals surface area contributed by atoms with Gasteiger partial charge in [0.05, 0.1) is 4.90 Å². The summed E-state index contributed by atoms with van der Waals surface area (Å²) < 4.78 is 23.1. The van der Waals surface area contributed by atoms with Crippen molar-refractivity contribution in [3.63, 3.8) is 0 Å². The van der Waals surface area contributed by atoms with Gasteiger partial charge in [0.25, 0.3) is 0 Å². The lowest BCUT2D eigenvalue weighted by atomic mass is 9.99. The van der Waals surface area contributed by atoms with Gasteiger partial charge >= 0.3 is 0 Å². The van der Waals surface area contributed by atoms with Crippen molar-refractivity contribution < 1.29 is 13.2 Å². The van der Waals surface area contributed by atoms with Crippen molar-refractivity contribution in [3.05, 3.63) is 64.7 Å². The fourth-order valence-electron chi connectivity index (χ4n) is 3.40. The molecule has 0 radical (unpaired) electrons. The molecule has 1 amide bonds. The Morgan fingerprint density at radius 2 is 1.92 bits per heavy atom. The summed E-state index contributed by atoms with van der Waals surface area (Å²) >= 11 is 0. The number of nitrogens with two attached hydrogens (primary N) is 1. The van der Waals surface area contributed by atoms with Gasteiger partial charge in [0, 0.05) is 19.5 Å². The minimum Gasteiger partial charge on any atom is -0.338 e. The van der Waals surface area contributed by atoms with Crippen molar-refractivity contribution in [1.82, 2.24) is 4.90 Å². The predicted molar refractivity (Wildman–Crippen MR) is 101 cm³/mol. The highest BCUT2D eigenvalue weighted by atomic mass is 32.2. The van der Waals surface area contributed by atoms with E-state index in [0.29, 0.717) is 19.5 Å². The molecular weight excluding hydrogens is 348 g/mol. The summed E-state index contributed by atoms with van der Waals surface area (Å²) in [5, 5.41) is 5.21. The van der Waals surface area contributed by atoms with E-state index in [1.165, 1.54) is 17.2 Å². The van der Waals surface area contributed by atoms with E-state index in [1.54, 1.807) is 12.1 Å². The predicted octanol–water partition coefficient (Wildman–Crippen LogP) is 2.55. The summed E-state index contributed by atoms with van der Waals surface area (Å²) in [4.78, 5) is 14.5. The van der Waals surface area contributed by atoms with Gasteiger partial charge in [-0.05, 0) is 60.6 Å². The number of carbonyl (C=O) groups is 1. The molecule has 1 heterocycles. The van der Waals surface area contributed by atoms with E-state index < -0.39 is 10.0 Å². The second-order valence-corrected chi connectivity index (χ2v) is 8.38. The first-order chi connectivity index (χ1) is 12.3. The summed E-state index contributed by atoms with van der Waals surface area (Å²) in [5.41, 5.74) is 4.49. The van der Waals surface area contributed by atoms with Crippen LogP contribution in [-0.4, -0.2) is 25.8 Å². The minimum absolute atomic E-state index is 0.102. The third kappa shape index (κ3) is 4.31. The lowest BCUT2D eigenvalue weighted by Crippen LogP contribution is -2.36. The number of primary sulfonamides is 1. The summed E-state index contributed by atoms with van der Waals surface area (Å²) in [7, 11) is -3.73. The van der Waals surface area contributed by atoms with E-state index in [1.807, 2.05) is 17.0 Å². The molecule has 0 aliphatic carbocycles. The zero-order chi connectivity index (χ0) is 18.7. The molecule has 1 aliphatic rings. The Balaban J connectivity index is 1.61. The monoisotopic (exact) mass is 372 g/mol. The maximum Gasteiger partial charge on any atom is 0.238 e. The van der Waals surface area contributed by atoms with E-state index >= 15 is 0 Å². The Morgan fingerprint density at radius 3 is 2.65 bits per heavy atom. The van der Waals surface area contributed by atoms with Gasteiger partial charge < -0.3 is 4.90 Å². The molecule has 5 nitrogen and oxygen atoms in total. The van der Waals surface area contributed by atoms with Crippen LogP contribution in [0.5, 0.6) is 0 Å². The third-order valence-electron chi connectivity index (χ3n) is 4.97. The van der Waals surface area contributed by atoms with Crippen LogP contribution in [0.4, 0.5) is 0 Å². The first kappa shape index (κ1) is 18.6. The third-order valence-corrected chi connectivity index (χ3v) is 5.88. The van der Waals surface area contributed by atoms with Crippen molar-refractivity contribution >= 4 is 15.9 Å². The van der Waals surface area contributed by atoms with Gasteiger partial charge in [0.1, 0.15) is 0 Å².